The Labute approximate surface area is 102 Å². The third-order valence-electron chi connectivity index (χ3n) is 3.11. The Hall–Kier alpha value is -1.51. The molecule has 17 heavy (non-hydrogen) atoms. The van der Waals surface area contributed by atoms with Gasteiger partial charge in [-0.1, -0.05) is 19.3 Å². The van der Waals surface area contributed by atoms with E-state index in [4.69, 9.17) is 4.42 Å². The molecule has 1 heterocycles. The molecule has 1 aromatic rings. The Balaban J connectivity index is 1.82. The van der Waals surface area contributed by atoms with Crippen LogP contribution >= 0.6 is 0 Å². The summed E-state index contributed by atoms with van der Waals surface area (Å²) in [4.78, 5) is 11.7. The zero-order chi connectivity index (χ0) is 12.1. The van der Waals surface area contributed by atoms with Gasteiger partial charge in [0, 0.05) is 12.1 Å². The molecule has 2 rings (SSSR count). The second kappa shape index (κ2) is 5.71. The summed E-state index contributed by atoms with van der Waals surface area (Å²) in [7, 11) is 0. The van der Waals surface area contributed by atoms with Crippen LogP contribution in [0.25, 0.3) is 6.08 Å². The van der Waals surface area contributed by atoms with E-state index in [-0.39, 0.29) is 5.91 Å². The van der Waals surface area contributed by atoms with Gasteiger partial charge < -0.3 is 9.73 Å². The van der Waals surface area contributed by atoms with Gasteiger partial charge in [0.05, 0.1) is 0 Å². The van der Waals surface area contributed by atoms with E-state index < -0.39 is 0 Å². The molecule has 0 spiro atoms. The molecule has 1 aromatic heterocycles. The Morgan fingerprint density at radius 1 is 1.35 bits per heavy atom. The highest BCUT2D eigenvalue weighted by molar-refractivity contribution is 5.91. The number of carbonyl (C=O) groups is 1. The van der Waals surface area contributed by atoms with E-state index in [0.29, 0.717) is 6.04 Å². The Morgan fingerprint density at radius 3 is 2.76 bits per heavy atom. The molecule has 1 saturated carbocycles. The highest BCUT2D eigenvalue weighted by Crippen LogP contribution is 2.17. The minimum Gasteiger partial charge on any atom is -0.462 e. The van der Waals surface area contributed by atoms with E-state index >= 15 is 0 Å². The van der Waals surface area contributed by atoms with Crippen molar-refractivity contribution in [3.63, 3.8) is 0 Å². The van der Waals surface area contributed by atoms with Crippen LogP contribution < -0.4 is 5.32 Å². The van der Waals surface area contributed by atoms with Crippen LogP contribution in [0.3, 0.4) is 0 Å². The lowest BCUT2D eigenvalue weighted by atomic mass is 9.95. The average Bonchev–Trinajstić information content (AvgIpc) is 2.74. The van der Waals surface area contributed by atoms with Gasteiger partial charge in [-0.05, 0) is 38.0 Å². The van der Waals surface area contributed by atoms with Crippen LogP contribution in [-0.2, 0) is 4.79 Å². The normalized spacial score (nSPS) is 17.5. The first-order valence-corrected chi connectivity index (χ1v) is 6.29. The zero-order valence-electron chi connectivity index (χ0n) is 10.2. The maximum Gasteiger partial charge on any atom is 0.244 e. The minimum atomic E-state index is -0.0223. The van der Waals surface area contributed by atoms with E-state index in [9.17, 15) is 4.79 Å². The maximum atomic E-state index is 11.7. The molecule has 1 amide bonds. The topological polar surface area (TPSA) is 42.2 Å². The average molecular weight is 233 g/mol. The molecule has 1 aliphatic carbocycles. The summed E-state index contributed by atoms with van der Waals surface area (Å²) in [5, 5.41) is 3.03. The Morgan fingerprint density at radius 2 is 2.12 bits per heavy atom. The van der Waals surface area contributed by atoms with E-state index in [1.54, 1.807) is 12.2 Å². The van der Waals surface area contributed by atoms with Crippen molar-refractivity contribution < 1.29 is 9.21 Å². The predicted molar refractivity (Wildman–Crippen MR) is 67.5 cm³/mol. The van der Waals surface area contributed by atoms with Crippen LogP contribution in [-0.4, -0.2) is 11.9 Å². The molecule has 0 aromatic carbocycles. The summed E-state index contributed by atoms with van der Waals surface area (Å²) in [5.41, 5.74) is 0. The highest BCUT2D eigenvalue weighted by Gasteiger charge is 2.14. The number of rotatable bonds is 3. The monoisotopic (exact) mass is 233 g/mol. The number of nitrogens with one attached hydrogen (secondary N) is 1. The molecular weight excluding hydrogens is 214 g/mol. The van der Waals surface area contributed by atoms with Crippen LogP contribution in [0, 0.1) is 6.92 Å². The molecule has 0 aliphatic heterocycles. The van der Waals surface area contributed by atoms with Gasteiger partial charge >= 0.3 is 0 Å². The number of hydrogen-bond acceptors (Lipinski definition) is 2. The number of amides is 1. The van der Waals surface area contributed by atoms with E-state index in [0.717, 1.165) is 24.4 Å². The highest BCUT2D eigenvalue weighted by atomic mass is 16.3. The van der Waals surface area contributed by atoms with Gasteiger partial charge in [-0.15, -0.1) is 0 Å². The molecule has 3 nitrogen and oxygen atoms in total. The van der Waals surface area contributed by atoms with Crippen molar-refractivity contribution in [1.82, 2.24) is 5.32 Å². The zero-order valence-corrected chi connectivity index (χ0v) is 10.2. The SMILES string of the molecule is Cc1ccc(C=CC(=O)NC2CCCCC2)o1. The smallest absolute Gasteiger partial charge is 0.244 e. The summed E-state index contributed by atoms with van der Waals surface area (Å²) < 4.78 is 5.36. The van der Waals surface area contributed by atoms with Crippen molar-refractivity contribution in [1.29, 1.82) is 0 Å². The van der Waals surface area contributed by atoms with E-state index in [2.05, 4.69) is 5.32 Å². The number of aryl methyl sites for hydroxylation is 1. The summed E-state index contributed by atoms with van der Waals surface area (Å²) >= 11 is 0. The minimum absolute atomic E-state index is 0.0223. The summed E-state index contributed by atoms with van der Waals surface area (Å²) in [6.45, 7) is 1.89. The van der Waals surface area contributed by atoms with Gasteiger partial charge in [0.15, 0.2) is 0 Å². The molecule has 1 N–H and O–H groups in total. The molecule has 0 radical (unpaired) electrons. The molecule has 0 bridgehead atoms. The van der Waals surface area contributed by atoms with Crippen LogP contribution in [0.1, 0.15) is 43.6 Å². The van der Waals surface area contributed by atoms with Gasteiger partial charge in [0.2, 0.25) is 5.91 Å². The van der Waals surface area contributed by atoms with Crippen LogP contribution in [0.4, 0.5) is 0 Å². The predicted octanol–water partition coefficient (Wildman–Crippen LogP) is 3.05. The van der Waals surface area contributed by atoms with Crippen LogP contribution in [0.5, 0.6) is 0 Å². The Bertz CT molecular complexity index is 400. The maximum absolute atomic E-state index is 11.7. The van der Waals surface area contributed by atoms with Crippen molar-refractivity contribution >= 4 is 12.0 Å². The van der Waals surface area contributed by atoms with Crippen molar-refractivity contribution in [2.45, 2.75) is 45.1 Å². The molecule has 0 saturated heterocycles. The van der Waals surface area contributed by atoms with Crippen LogP contribution in [0.15, 0.2) is 22.6 Å². The molecule has 1 fully saturated rings. The summed E-state index contributed by atoms with van der Waals surface area (Å²) in [5.74, 6) is 1.56. The molecule has 0 unspecified atom stereocenters. The number of furan rings is 1. The second-order valence-corrected chi connectivity index (χ2v) is 4.63. The molecule has 3 heteroatoms. The fourth-order valence-electron chi connectivity index (χ4n) is 2.20. The van der Waals surface area contributed by atoms with E-state index in [1.807, 2.05) is 19.1 Å². The lowest BCUT2D eigenvalue weighted by molar-refractivity contribution is -0.117. The summed E-state index contributed by atoms with van der Waals surface area (Å²) in [6, 6.07) is 4.11. The van der Waals surface area contributed by atoms with Gasteiger partial charge in [0.1, 0.15) is 11.5 Å². The molecular formula is C14H19NO2. The molecule has 1 aliphatic rings. The second-order valence-electron chi connectivity index (χ2n) is 4.63. The Kier molecular flexibility index (Phi) is 4.02. The van der Waals surface area contributed by atoms with Gasteiger partial charge in [-0.3, -0.25) is 4.79 Å². The van der Waals surface area contributed by atoms with Gasteiger partial charge in [0.25, 0.3) is 0 Å². The van der Waals surface area contributed by atoms with E-state index in [1.165, 1.54) is 19.3 Å². The standard InChI is InChI=1S/C14H19NO2/c1-11-7-8-13(17-11)9-10-14(16)15-12-5-3-2-4-6-12/h7-10,12H,2-6H2,1H3,(H,15,16). The lowest BCUT2D eigenvalue weighted by Gasteiger charge is -2.21. The van der Waals surface area contributed by atoms with Gasteiger partial charge in [-0.25, -0.2) is 0 Å². The quantitative estimate of drug-likeness (QED) is 0.815. The fraction of sp³-hybridized carbons (Fsp3) is 0.500. The summed E-state index contributed by atoms with van der Waals surface area (Å²) in [6.07, 6.45) is 9.24. The lowest BCUT2D eigenvalue weighted by Crippen LogP contribution is -2.34. The number of hydrogen-bond donors (Lipinski definition) is 1. The third-order valence-corrected chi connectivity index (χ3v) is 3.11. The van der Waals surface area contributed by atoms with Crippen molar-refractivity contribution in [3.8, 4) is 0 Å². The third kappa shape index (κ3) is 3.77. The van der Waals surface area contributed by atoms with Gasteiger partial charge in [-0.2, -0.15) is 0 Å². The fourth-order valence-corrected chi connectivity index (χ4v) is 2.20. The molecule has 92 valence electrons. The first kappa shape index (κ1) is 12.0. The van der Waals surface area contributed by atoms with Crippen molar-refractivity contribution in [3.05, 3.63) is 29.7 Å². The van der Waals surface area contributed by atoms with Crippen molar-refractivity contribution in [2.75, 3.05) is 0 Å². The van der Waals surface area contributed by atoms with Crippen LogP contribution in [0.2, 0.25) is 0 Å². The van der Waals surface area contributed by atoms with Crippen molar-refractivity contribution in [2.24, 2.45) is 0 Å². The first-order chi connectivity index (χ1) is 8.24. The molecule has 0 atom stereocenters. The number of carbonyl (C=O) groups excluding carboxylic acids is 1. The first-order valence-electron chi connectivity index (χ1n) is 6.29. The largest absolute Gasteiger partial charge is 0.462 e.